The number of hydrogen-bond acceptors (Lipinski definition) is 6. The molecule has 0 bridgehead atoms. The summed E-state index contributed by atoms with van der Waals surface area (Å²) < 4.78 is 6.29. The lowest BCUT2D eigenvalue weighted by Gasteiger charge is -2.06. The Morgan fingerprint density at radius 3 is 2.83 bits per heavy atom. The zero-order valence-corrected chi connectivity index (χ0v) is 17.3. The molecule has 3 heterocycles. The second kappa shape index (κ2) is 8.36. The van der Waals surface area contributed by atoms with Crippen LogP contribution < -0.4 is 10.6 Å². The summed E-state index contributed by atoms with van der Waals surface area (Å²) in [4.78, 5) is 28.8. The molecule has 0 radical (unpaired) electrons. The number of rotatable bonds is 5. The van der Waals surface area contributed by atoms with E-state index in [1.807, 2.05) is 12.1 Å². The maximum absolute atomic E-state index is 12.4. The van der Waals surface area contributed by atoms with Crippen molar-refractivity contribution in [1.82, 2.24) is 15.6 Å². The van der Waals surface area contributed by atoms with Gasteiger partial charge in [0.15, 0.2) is 0 Å². The van der Waals surface area contributed by atoms with Crippen molar-refractivity contribution in [1.29, 1.82) is 0 Å². The van der Waals surface area contributed by atoms with E-state index in [0.29, 0.717) is 37.7 Å². The molecule has 2 N–H and O–H groups in total. The number of benzene rings is 1. The molecule has 2 aromatic heterocycles. The first kappa shape index (κ1) is 19.6. The largest absolute Gasteiger partial charge is 0.456 e. The van der Waals surface area contributed by atoms with E-state index in [0.717, 1.165) is 10.9 Å². The van der Waals surface area contributed by atoms with Gasteiger partial charge in [0.1, 0.15) is 15.7 Å². The van der Waals surface area contributed by atoms with Gasteiger partial charge < -0.3 is 15.1 Å². The summed E-state index contributed by atoms with van der Waals surface area (Å²) in [7, 11) is 0. The summed E-state index contributed by atoms with van der Waals surface area (Å²) in [5.41, 5.74) is 2.19. The quantitative estimate of drug-likeness (QED) is 0.460. The monoisotopic (exact) mass is 443 g/mol. The Bertz CT molecular complexity index is 1160. The normalized spacial score (nSPS) is 15.1. The van der Waals surface area contributed by atoms with E-state index in [4.69, 9.17) is 28.2 Å². The average molecular weight is 444 g/mol. The second-order valence-electron chi connectivity index (χ2n) is 6.30. The molecule has 0 aliphatic carbocycles. The van der Waals surface area contributed by atoms with Crippen molar-refractivity contribution in [2.75, 3.05) is 0 Å². The molecular weight excluding hydrogens is 430 g/mol. The van der Waals surface area contributed by atoms with Crippen LogP contribution in [0.25, 0.3) is 17.0 Å². The molecule has 1 aliphatic rings. The Balaban J connectivity index is 1.49. The number of carbonyl (C=O) groups excluding carboxylic acids is 2. The lowest BCUT2D eigenvalue weighted by atomic mass is 10.1. The van der Waals surface area contributed by atoms with Gasteiger partial charge in [-0.05, 0) is 23.8 Å². The first-order chi connectivity index (χ1) is 14.0. The van der Waals surface area contributed by atoms with Crippen LogP contribution in [0.1, 0.15) is 16.9 Å². The van der Waals surface area contributed by atoms with Gasteiger partial charge in [-0.3, -0.25) is 14.6 Å². The van der Waals surface area contributed by atoms with Crippen LogP contribution >= 0.6 is 35.6 Å². The number of fused-ring (bicyclic) bond motifs is 1. The molecule has 0 unspecified atom stereocenters. The van der Waals surface area contributed by atoms with Crippen LogP contribution in [0.3, 0.4) is 0 Å². The van der Waals surface area contributed by atoms with Crippen LogP contribution in [-0.4, -0.2) is 21.1 Å². The molecule has 0 atom stereocenters. The van der Waals surface area contributed by atoms with Gasteiger partial charge in [-0.1, -0.05) is 47.7 Å². The van der Waals surface area contributed by atoms with E-state index in [9.17, 15) is 9.59 Å². The molecular formula is C20H14ClN3O3S2. The molecule has 2 amide bonds. The maximum Gasteiger partial charge on any atom is 0.263 e. The molecule has 3 aromatic rings. The van der Waals surface area contributed by atoms with Gasteiger partial charge in [0.05, 0.1) is 11.3 Å². The minimum absolute atomic E-state index is 0.126. The standard InChI is InChI=1S/C20H14ClN3O3S2/c21-14-3-1-11(2-4-14)8-23-17(25)6-13-10-22-9-12-5-15(27-18(12)13)7-16-19(26)24-20(28)29-16/h1-5,7,9-10H,6,8H2,(H,23,25)(H,24,26,28)/b16-7-. The van der Waals surface area contributed by atoms with Crippen LogP contribution in [0.15, 0.2) is 52.0 Å². The zero-order chi connectivity index (χ0) is 20.4. The average Bonchev–Trinajstić information content (AvgIpc) is 3.24. The predicted molar refractivity (Wildman–Crippen MR) is 117 cm³/mol. The highest BCUT2D eigenvalue weighted by Gasteiger charge is 2.23. The van der Waals surface area contributed by atoms with E-state index in [-0.39, 0.29) is 18.2 Å². The third kappa shape index (κ3) is 4.67. The van der Waals surface area contributed by atoms with Crippen molar-refractivity contribution in [3.63, 3.8) is 0 Å². The Morgan fingerprint density at radius 1 is 1.31 bits per heavy atom. The maximum atomic E-state index is 12.4. The van der Waals surface area contributed by atoms with E-state index in [1.165, 1.54) is 11.8 Å². The Morgan fingerprint density at radius 2 is 2.10 bits per heavy atom. The Labute approximate surface area is 180 Å². The first-order valence-electron chi connectivity index (χ1n) is 8.60. The fourth-order valence-corrected chi connectivity index (χ4v) is 3.97. The predicted octanol–water partition coefficient (Wildman–Crippen LogP) is 3.83. The van der Waals surface area contributed by atoms with Gasteiger partial charge in [-0.2, -0.15) is 0 Å². The molecule has 1 aliphatic heterocycles. The number of furan rings is 1. The van der Waals surface area contributed by atoms with Gasteiger partial charge in [0, 0.05) is 41.0 Å². The van der Waals surface area contributed by atoms with Gasteiger partial charge in [-0.15, -0.1) is 0 Å². The number of thiocarbonyl (C=S) groups is 1. The van der Waals surface area contributed by atoms with Crippen molar-refractivity contribution in [3.8, 4) is 0 Å². The molecule has 9 heteroatoms. The SMILES string of the molecule is O=C(Cc1cncc2cc(/C=C3\SC(=S)NC3=O)oc12)NCc1ccc(Cl)cc1. The highest BCUT2D eigenvalue weighted by atomic mass is 35.5. The van der Waals surface area contributed by atoms with E-state index < -0.39 is 0 Å². The Kier molecular flexibility index (Phi) is 5.66. The molecule has 0 saturated carbocycles. The van der Waals surface area contributed by atoms with Crippen molar-refractivity contribution >= 4 is 68.8 Å². The number of hydrogen-bond donors (Lipinski definition) is 2. The van der Waals surface area contributed by atoms with E-state index in [2.05, 4.69) is 15.6 Å². The molecule has 29 heavy (non-hydrogen) atoms. The molecule has 1 saturated heterocycles. The summed E-state index contributed by atoms with van der Waals surface area (Å²) in [6.07, 6.45) is 5.02. The molecule has 146 valence electrons. The number of nitrogens with zero attached hydrogens (tertiary/aromatic N) is 1. The highest BCUT2D eigenvalue weighted by molar-refractivity contribution is 8.26. The number of nitrogens with one attached hydrogen (secondary N) is 2. The van der Waals surface area contributed by atoms with E-state index >= 15 is 0 Å². The van der Waals surface area contributed by atoms with Gasteiger partial charge >= 0.3 is 0 Å². The molecule has 6 nitrogen and oxygen atoms in total. The highest BCUT2D eigenvalue weighted by Crippen LogP contribution is 2.29. The number of halogens is 1. The molecule has 0 spiro atoms. The molecule has 1 aromatic carbocycles. The number of carbonyl (C=O) groups is 2. The smallest absolute Gasteiger partial charge is 0.263 e. The summed E-state index contributed by atoms with van der Waals surface area (Å²) in [6.45, 7) is 0.404. The van der Waals surface area contributed by atoms with Crippen LogP contribution in [-0.2, 0) is 22.6 Å². The number of aromatic nitrogens is 1. The minimum Gasteiger partial charge on any atom is -0.456 e. The fraction of sp³-hybridized carbons (Fsp3) is 0.100. The van der Waals surface area contributed by atoms with Gasteiger partial charge in [0.2, 0.25) is 5.91 Å². The fourth-order valence-electron chi connectivity index (χ4n) is 2.82. The van der Waals surface area contributed by atoms with Crippen LogP contribution in [0, 0.1) is 0 Å². The topological polar surface area (TPSA) is 84.2 Å². The van der Waals surface area contributed by atoms with Crippen molar-refractivity contribution in [2.24, 2.45) is 0 Å². The summed E-state index contributed by atoms with van der Waals surface area (Å²) >= 11 is 12.0. The molecule has 4 rings (SSSR count). The number of amides is 2. The third-order valence-electron chi connectivity index (χ3n) is 4.18. The zero-order valence-electron chi connectivity index (χ0n) is 14.9. The van der Waals surface area contributed by atoms with Crippen molar-refractivity contribution < 1.29 is 14.0 Å². The summed E-state index contributed by atoms with van der Waals surface area (Å²) in [5, 5.41) is 6.84. The van der Waals surface area contributed by atoms with Crippen molar-refractivity contribution in [2.45, 2.75) is 13.0 Å². The van der Waals surface area contributed by atoms with Crippen molar-refractivity contribution in [3.05, 3.63) is 69.5 Å². The second-order valence-corrected chi connectivity index (χ2v) is 8.45. The summed E-state index contributed by atoms with van der Waals surface area (Å²) in [6, 6.07) is 9.06. The number of pyridine rings is 1. The van der Waals surface area contributed by atoms with Gasteiger partial charge in [-0.25, -0.2) is 0 Å². The minimum atomic E-state index is -0.250. The van der Waals surface area contributed by atoms with Crippen LogP contribution in [0.2, 0.25) is 5.02 Å². The lowest BCUT2D eigenvalue weighted by molar-refractivity contribution is -0.120. The van der Waals surface area contributed by atoms with Crippen LogP contribution in [0.5, 0.6) is 0 Å². The Hall–Kier alpha value is -2.68. The van der Waals surface area contributed by atoms with Gasteiger partial charge in [0.25, 0.3) is 5.91 Å². The lowest BCUT2D eigenvalue weighted by Crippen LogP contribution is -2.24. The van der Waals surface area contributed by atoms with Crippen LogP contribution in [0.4, 0.5) is 0 Å². The third-order valence-corrected chi connectivity index (χ3v) is 5.60. The first-order valence-corrected chi connectivity index (χ1v) is 10.2. The summed E-state index contributed by atoms with van der Waals surface area (Å²) in [5.74, 6) is 0.0974. The van der Waals surface area contributed by atoms with E-state index in [1.54, 1.807) is 36.7 Å². The molecule has 1 fully saturated rings. The number of thioether (sulfide) groups is 1.